The maximum Gasteiger partial charge on any atom is 0.230 e. The summed E-state index contributed by atoms with van der Waals surface area (Å²) in [5, 5.41) is 0.672. The van der Waals surface area contributed by atoms with Crippen LogP contribution in [0.25, 0.3) is 10.9 Å². The topological polar surface area (TPSA) is 60.0 Å². The van der Waals surface area contributed by atoms with E-state index in [1.165, 1.54) is 18.5 Å². The first-order valence-corrected chi connectivity index (χ1v) is 11.3. The Labute approximate surface area is 195 Å². The van der Waals surface area contributed by atoms with Crippen LogP contribution in [0.2, 0.25) is 0 Å². The molecule has 2 aromatic carbocycles. The molecule has 0 unspecified atom stereocenters. The van der Waals surface area contributed by atoms with Gasteiger partial charge >= 0.3 is 0 Å². The molecule has 0 atom stereocenters. The molecule has 0 bridgehead atoms. The Hall–Kier alpha value is -2.49. The minimum Gasteiger partial charge on any atom is -0.493 e. The molecule has 0 N–H and O–H groups in total. The van der Waals surface area contributed by atoms with Gasteiger partial charge in [0.15, 0.2) is 11.5 Å². The number of likely N-dealkylation sites (N-methyl/N-ethyl adjacent to an activating group) is 1. The molecule has 32 heavy (non-hydrogen) atoms. The number of piperazine rings is 1. The minimum atomic E-state index is -0.354. The second kappa shape index (κ2) is 10.4. The van der Waals surface area contributed by atoms with E-state index < -0.39 is 0 Å². The van der Waals surface area contributed by atoms with Gasteiger partial charge in [-0.1, -0.05) is 0 Å². The fraction of sp³-hybridized carbons (Fsp3) is 0.391. The Balaban J connectivity index is 1.46. The summed E-state index contributed by atoms with van der Waals surface area (Å²) in [7, 11) is 3.75. The fourth-order valence-electron chi connectivity index (χ4n) is 3.60. The summed E-state index contributed by atoms with van der Waals surface area (Å²) < 4.78 is 31.4. The Kier molecular flexibility index (Phi) is 7.39. The fourth-order valence-corrected chi connectivity index (χ4v) is 4.03. The summed E-state index contributed by atoms with van der Waals surface area (Å²) >= 11 is 3.32. The first-order valence-electron chi connectivity index (χ1n) is 10.5. The number of rotatable bonds is 8. The number of aromatic nitrogens is 2. The van der Waals surface area contributed by atoms with Crippen molar-refractivity contribution in [1.29, 1.82) is 0 Å². The lowest BCUT2D eigenvalue weighted by Gasteiger charge is -2.32. The molecule has 1 fully saturated rings. The summed E-state index contributed by atoms with van der Waals surface area (Å²) in [6.45, 7) is 6.01. The minimum absolute atomic E-state index is 0.349. The molecule has 0 spiro atoms. The van der Waals surface area contributed by atoms with Crippen LogP contribution in [-0.4, -0.2) is 73.3 Å². The molecule has 1 saturated heterocycles. The molecule has 1 aliphatic heterocycles. The van der Waals surface area contributed by atoms with E-state index >= 15 is 0 Å². The van der Waals surface area contributed by atoms with Crippen molar-refractivity contribution >= 4 is 26.8 Å². The third-order valence-electron chi connectivity index (χ3n) is 5.46. The van der Waals surface area contributed by atoms with Crippen LogP contribution >= 0.6 is 15.9 Å². The van der Waals surface area contributed by atoms with Gasteiger partial charge < -0.3 is 24.0 Å². The average molecular weight is 505 g/mol. The molecule has 1 aliphatic rings. The molecule has 0 radical (unpaired) electrons. The van der Waals surface area contributed by atoms with Gasteiger partial charge in [0.2, 0.25) is 5.88 Å². The molecule has 3 aromatic rings. The van der Waals surface area contributed by atoms with Crippen LogP contribution in [0.15, 0.2) is 41.1 Å². The van der Waals surface area contributed by atoms with Gasteiger partial charge in [-0.05, 0) is 53.7 Å². The number of methoxy groups -OCH3 is 1. The normalized spacial score (nSPS) is 15.1. The number of hydrogen-bond acceptors (Lipinski definition) is 7. The Bertz CT molecular complexity index is 1080. The maximum atomic E-state index is 13.4. The van der Waals surface area contributed by atoms with Crippen LogP contribution < -0.4 is 14.2 Å². The largest absolute Gasteiger partial charge is 0.493 e. The molecular formula is C23H26BrFN4O3. The smallest absolute Gasteiger partial charge is 0.230 e. The Morgan fingerprint density at radius 1 is 1.03 bits per heavy atom. The molecule has 170 valence electrons. The molecular weight excluding hydrogens is 479 g/mol. The van der Waals surface area contributed by atoms with Crippen molar-refractivity contribution in [3.05, 3.63) is 46.9 Å². The summed E-state index contributed by atoms with van der Waals surface area (Å²) in [5.74, 6) is 1.66. The number of hydrogen-bond donors (Lipinski definition) is 0. The predicted octanol–water partition coefficient (Wildman–Crippen LogP) is 4.35. The first kappa shape index (κ1) is 22.7. The SMILES string of the molecule is COc1cc2c(Oc3ccc(F)cc3Br)ncnc2cc1OCCCN1CCN(C)CC1. The van der Waals surface area contributed by atoms with E-state index in [1.54, 1.807) is 19.2 Å². The number of nitrogens with zero attached hydrogens (tertiary/aromatic N) is 4. The van der Waals surface area contributed by atoms with Gasteiger partial charge in [-0.2, -0.15) is 0 Å². The zero-order chi connectivity index (χ0) is 22.5. The average Bonchev–Trinajstić information content (AvgIpc) is 2.79. The van der Waals surface area contributed by atoms with Gasteiger partial charge in [0.1, 0.15) is 17.9 Å². The second-order valence-corrected chi connectivity index (χ2v) is 8.58. The van der Waals surface area contributed by atoms with Crippen molar-refractivity contribution in [2.75, 3.05) is 53.5 Å². The van der Waals surface area contributed by atoms with E-state index in [4.69, 9.17) is 14.2 Å². The predicted molar refractivity (Wildman–Crippen MR) is 124 cm³/mol. The van der Waals surface area contributed by atoms with Crippen LogP contribution in [0.4, 0.5) is 4.39 Å². The molecule has 1 aromatic heterocycles. The highest BCUT2D eigenvalue weighted by Gasteiger charge is 2.16. The second-order valence-electron chi connectivity index (χ2n) is 7.72. The Morgan fingerprint density at radius 3 is 2.59 bits per heavy atom. The van der Waals surface area contributed by atoms with Crippen LogP contribution in [-0.2, 0) is 0 Å². The number of halogens is 2. The molecule has 2 heterocycles. The molecule has 0 amide bonds. The number of fused-ring (bicyclic) bond motifs is 1. The van der Waals surface area contributed by atoms with Gasteiger partial charge in [-0.15, -0.1) is 0 Å². The van der Waals surface area contributed by atoms with Gasteiger partial charge in [0.05, 0.1) is 29.1 Å². The van der Waals surface area contributed by atoms with E-state index in [0.717, 1.165) is 39.1 Å². The highest BCUT2D eigenvalue weighted by molar-refractivity contribution is 9.10. The van der Waals surface area contributed by atoms with Crippen molar-refractivity contribution < 1.29 is 18.6 Å². The van der Waals surface area contributed by atoms with Crippen LogP contribution in [0.3, 0.4) is 0 Å². The van der Waals surface area contributed by atoms with Crippen molar-refractivity contribution in [3.63, 3.8) is 0 Å². The van der Waals surface area contributed by atoms with Crippen LogP contribution in [0.5, 0.6) is 23.1 Å². The lowest BCUT2D eigenvalue weighted by Crippen LogP contribution is -2.44. The Morgan fingerprint density at radius 2 is 1.84 bits per heavy atom. The number of ether oxygens (including phenoxy) is 3. The highest BCUT2D eigenvalue weighted by atomic mass is 79.9. The summed E-state index contributed by atoms with van der Waals surface area (Å²) in [4.78, 5) is 13.4. The molecule has 0 aliphatic carbocycles. The monoisotopic (exact) mass is 504 g/mol. The first-order chi connectivity index (χ1) is 15.5. The van der Waals surface area contributed by atoms with E-state index in [-0.39, 0.29) is 5.82 Å². The van der Waals surface area contributed by atoms with Gasteiger partial charge in [-0.25, -0.2) is 14.4 Å². The van der Waals surface area contributed by atoms with Crippen molar-refractivity contribution in [2.45, 2.75) is 6.42 Å². The van der Waals surface area contributed by atoms with Crippen LogP contribution in [0.1, 0.15) is 6.42 Å². The molecule has 7 nitrogen and oxygen atoms in total. The third-order valence-corrected chi connectivity index (χ3v) is 6.08. The lowest BCUT2D eigenvalue weighted by atomic mass is 10.2. The van der Waals surface area contributed by atoms with Crippen LogP contribution in [0, 0.1) is 5.82 Å². The van der Waals surface area contributed by atoms with E-state index in [2.05, 4.69) is 42.7 Å². The highest BCUT2D eigenvalue weighted by Crippen LogP contribution is 2.37. The lowest BCUT2D eigenvalue weighted by molar-refractivity contribution is 0.145. The van der Waals surface area contributed by atoms with E-state index in [9.17, 15) is 4.39 Å². The summed E-state index contributed by atoms with van der Waals surface area (Å²) in [6.07, 6.45) is 2.36. The van der Waals surface area contributed by atoms with Gasteiger partial charge in [0.25, 0.3) is 0 Å². The zero-order valence-electron chi connectivity index (χ0n) is 18.2. The summed E-state index contributed by atoms with van der Waals surface area (Å²) in [5.41, 5.74) is 0.670. The van der Waals surface area contributed by atoms with Crippen molar-refractivity contribution in [2.24, 2.45) is 0 Å². The number of benzene rings is 2. The van der Waals surface area contributed by atoms with Crippen molar-refractivity contribution in [1.82, 2.24) is 19.8 Å². The van der Waals surface area contributed by atoms with Gasteiger partial charge in [0, 0.05) is 38.8 Å². The van der Waals surface area contributed by atoms with E-state index in [1.807, 2.05) is 6.07 Å². The standard InChI is InChI=1S/C23H26BrFN4O3/c1-28-7-9-29(10-8-28)6-3-11-31-22-14-19-17(13-21(22)30-2)23(27-15-26-19)32-20-5-4-16(25)12-18(20)24/h4-5,12-15H,3,6-11H2,1-2H3. The summed E-state index contributed by atoms with van der Waals surface area (Å²) in [6, 6.07) is 7.85. The van der Waals surface area contributed by atoms with E-state index in [0.29, 0.717) is 45.1 Å². The quantitative estimate of drug-likeness (QED) is 0.422. The maximum absolute atomic E-state index is 13.4. The molecule has 9 heteroatoms. The van der Waals surface area contributed by atoms with Gasteiger partial charge in [-0.3, -0.25) is 0 Å². The zero-order valence-corrected chi connectivity index (χ0v) is 19.8. The van der Waals surface area contributed by atoms with Crippen molar-refractivity contribution in [3.8, 4) is 23.1 Å². The molecule has 4 rings (SSSR count). The third kappa shape index (κ3) is 5.46. The molecule has 0 saturated carbocycles.